The minimum Gasteiger partial charge on any atom is -0.390 e. The van der Waals surface area contributed by atoms with Gasteiger partial charge in [0, 0.05) is 31.4 Å². The minimum atomic E-state index is -0.952. The number of carbonyl (C=O) groups is 1. The number of nitrogens with one attached hydrogen (secondary N) is 2. The topological polar surface area (TPSA) is 73.8 Å². The van der Waals surface area contributed by atoms with E-state index in [1.54, 1.807) is 0 Å². The molecule has 3 atom stereocenters. The number of aliphatic hydroxyl groups is 1. The summed E-state index contributed by atoms with van der Waals surface area (Å²) >= 11 is 0. The molecule has 3 N–H and O–H groups in total. The molecule has 2 aliphatic rings. The molecule has 2 aromatic rings. The maximum atomic E-state index is 14.1. The van der Waals surface area contributed by atoms with Gasteiger partial charge in [-0.15, -0.1) is 0 Å². The van der Waals surface area contributed by atoms with Crippen LogP contribution in [0.2, 0.25) is 0 Å². The fraction of sp³-hybridized carbons (Fsp3) is 0.618. The van der Waals surface area contributed by atoms with E-state index >= 15 is 0 Å². The Balaban J connectivity index is 1.46. The Labute approximate surface area is 250 Å². The number of hydrogen-bond donors (Lipinski definition) is 3. The number of nitrogens with zero attached hydrogens (tertiary/aromatic N) is 1. The van der Waals surface area contributed by atoms with E-state index in [0.29, 0.717) is 24.5 Å². The summed E-state index contributed by atoms with van der Waals surface area (Å²) in [4.78, 5) is 16.0. The van der Waals surface area contributed by atoms with Gasteiger partial charge in [0.2, 0.25) is 5.91 Å². The molecule has 8 heteroatoms. The molecule has 0 spiro atoms. The van der Waals surface area contributed by atoms with Crippen LogP contribution >= 0.6 is 0 Å². The highest BCUT2D eigenvalue weighted by atomic mass is 19.1. The number of carbonyl (C=O) groups excluding carboxylic acids is 1. The zero-order valence-electron chi connectivity index (χ0n) is 25.5. The highest BCUT2D eigenvalue weighted by molar-refractivity contribution is 5.82. The number of hydrogen-bond acceptors (Lipinski definition) is 5. The first-order chi connectivity index (χ1) is 20.3. The largest absolute Gasteiger partial charge is 0.390 e. The molecule has 1 aliphatic heterocycles. The van der Waals surface area contributed by atoms with Crippen molar-refractivity contribution in [3.63, 3.8) is 0 Å². The van der Waals surface area contributed by atoms with Gasteiger partial charge in [-0.25, -0.2) is 8.78 Å². The Morgan fingerprint density at radius 3 is 2.40 bits per heavy atom. The lowest BCUT2D eigenvalue weighted by atomic mass is 9.94. The van der Waals surface area contributed by atoms with Gasteiger partial charge >= 0.3 is 0 Å². The van der Waals surface area contributed by atoms with Gasteiger partial charge in [-0.1, -0.05) is 44.5 Å². The maximum absolute atomic E-state index is 14.1. The first-order valence-corrected chi connectivity index (χ1v) is 15.9. The first kappa shape index (κ1) is 32.5. The van der Waals surface area contributed by atoms with Crippen molar-refractivity contribution in [3.05, 3.63) is 70.8 Å². The standard InChI is InChI=1S/C34H49F2N3O3/c1-4-8-31(39-15-11-25(12-16-39)23-42-6-3)33(41)38-30(20-26-18-28(35)21-29(36)19-26)32(40)22-37-34(13-14-34)27-10-7-9-24(5-2)17-27/h7,9-10,17-19,21,25,30-32,37,40H,4-6,8,11-16,20,22-23H2,1-3H3,(H,38,41)/t30-,31-,32+/m0/s1. The second kappa shape index (κ2) is 15.4. The molecular formula is C34H49F2N3O3. The van der Waals surface area contributed by atoms with Crippen LogP contribution in [-0.4, -0.2) is 66.9 Å². The molecule has 1 heterocycles. The number of ether oxygens (including phenoxy) is 1. The number of aliphatic hydroxyl groups excluding tert-OH is 1. The highest BCUT2D eigenvalue weighted by Gasteiger charge is 2.44. The number of amides is 1. The molecule has 0 bridgehead atoms. The second-order valence-electron chi connectivity index (χ2n) is 12.1. The molecular weight excluding hydrogens is 536 g/mol. The average Bonchev–Trinajstić information content (AvgIpc) is 3.78. The Bertz CT molecular complexity index is 1130. The van der Waals surface area contributed by atoms with Gasteiger partial charge in [0.15, 0.2) is 0 Å². The zero-order chi connectivity index (χ0) is 30.1. The maximum Gasteiger partial charge on any atom is 0.237 e. The monoisotopic (exact) mass is 585 g/mol. The fourth-order valence-corrected chi connectivity index (χ4v) is 6.24. The van der Waals surface area contributed by atoms with Crippen LogP contribution < -0.4 is 10.6 Å². The highest BCUT2D eigenvalue weighted by Crippen LogP contribution is 2.45. The van der Waals surface area contributed by atoms with E-state index < -0.39 is 23.8 Å². The van der Waals surface area contributed by atoms with Crippen molar-refractivity contribution in [3.8, 4) is 0 Å². The van der Waals surface area contributed by atoms with Gasteiger partial charge in [-0.05, 0) is 99.7 Å². The van der Waals surface area contributed by atoms with Crippen molar-refractivity contribution in [2.75, 3.05) is 32.8 Å². The number of benzene rings is 2. The molecule has 0 radical (unpaired) electrons. The van der Waals surface area contributed by atoms with Crippen molar-refractivity contribution in [2.45, 2.75) is 95.9 Å². The van der Waals surface area contributed by atoms with E-state index in [0.717, 1.165) is 64.3 Å². The molecule has 2 aromatic carbocycles. The lowest BCUT2D eigenvalue weighted by Gasteiger charge is -2.38. The molecule has 1 saturated carbocycles. The summed E-state index contributed by atoms with van der Waals surface area (Å²) in [6.07, 6.45) is 5.57. The van der Waals surface area contributed by atoms with Crippen molar-refractivity contribution >= 4 is 5.91 Å². The van der Waals surface area contributed by atoms with E-state index in [2.05, 4.69) is 53.6 Å². The van der Waals surface area contributed by atoms with Gasteiger partial charge in [-0.2, -0.15) is 0 Å². The number of aryl methyl sites for hydroxylation is 1. The van der Waals surface area contributed by atoms with Crippen LogP contribution in [-0.2, 0) is 27.9 Å². The van der Waals surface area contributed by atoms with Crippen LogP contribution in [0.5, 0.6) is 0 Å². The molecule has 42 heavy (non-hydrogen) atoms. The summed E-state index contributed by atoms with van der Waals surface area (Å²) < 4.78 is 33.8. The number of halogens is 2. The third-order valence-corrected chi connectivity index (χ3v) is 8.97. The summed E-state index contributed by atoms with van der Waals surface area (Å²) in [7, 11) is 0. The molecule has 4 rings (SSSR count). The minimum absolute atomic E-state index is 0.122. The van der Waals surface area contributed by atoms with Crippen LogP contribution in [0.3, 0.4) is 0 Å². The van der Waals surface area contributed by atoms with E-state index in [1.807, 2.05) is 6.92 Å². The second-order valence-corrected chi connectivity index (χ2v) is 12.1. The molecule has 232 valence electrons. The van der Waals surface area contributed by atoms with Crippen LogP contribution in [0.15, 0.2) is 42.5 Å². The fourth-order valence-electron chi connectivity index (χ4n) is 6.24. The number of likely N-dealkylation sites (tertiary alicyclic amines) is 1. The molecule has 0 unspecified atom stereocenters. The molecule has 0 aromatic heterocycles. The SMILES string of the molecule is CCC[C@@H](C(=O)N[C@@H](Cc1cc(F)cc(F)c1)[C@H](O)CNC1(c2cccc(CC)c2)CC1)N1CCC(COCC)CC1. The summed E-state index contributed by atoms with van der Waals surface area (Å²) in [5, 5.41) is 18.1. The Hall–Kier alpha value is -2.39. The Kier molecular flexibility index (Phi) is 11.9. The van der Waals surface area contributed by atoms with Crippen LogP contribution in [0.4, 0.5) is 8.78 Å². The van der Waals surface area contributed by atoms with E-state index in [4.69, 9.17) is 4.74 Å². The van der Waals surface area contributed by atoms with Crippen molar-refractivity contribution < 1.29 is 23.4 Å². The first-order valence-electron chi connectivity index (χ1n) is 15.9. The summed E-state index contributed by atoms with van der Waals surface area (Å²) in [5.41, 5.74) is 2.68. The predicted octanol–water partition coefficient (Wildman–Crippen LogP) is 5.11. The van der Waals surface area contributed by atoms with E-state index in [9.17, 15) is 18.7 Å². The summed E-state index contributed by atoms with van der Waals surface area (Å²) in [6, 6.07) is 10.9. The molecule has 6 nitrogen and oxygen atoms in total. The third kappa shape index (κ3) is 8.82. The normalized spacial score (nSPS) is 19.3. The lowest BCUT2D eigenvalue weighted by molar-refractivity contribution is -0.129. The van der Waals surface area contributed by atoms with Gasteiger partial charge in [0.05, 0.1) is 18.2 Å². The van der Waals surface area contributed by atoms with Crippen molar-refractivity contribution in [1.82, 2.24) is 15.5 Å². The lowest BCUT2D eigenvalue weighted by Crippen LogP contribution is -2.56. The third-order valence-electron chi connectivity index (χ3n) is 8.97. The summed E-state index contributed by atoms with van der Waals surface area (Å²) in [6.45, 7) is 9.55. The molecule has 1 amide bonds. The van der Waals surface area contributed by atoms with Crippen molar-refractivity contribution in [2.24, 2.45) is 5.92 Å². The van der Waals surface area contributed by atoms with Crippen LogP contribution in [0.1, 0.15) is 76.0 Å². The Morgan fingerprint density at radius 1 is 1.07 bits per heavy atom. The van der Waals surface area contributed by atoms with Gasteiger partial charge in [-0.3, -0.25) is 9.69 Å². The van der Waals surface area contributed by atoms with Gasteiger partial charge in [0.25, 0.3) is 0 Å². The van der Waals surface area contributed by atoms with Gasteiger partial charge in [0.1, 0.15) is 11.6 Å². The molecule has 2 fully saturated rings. The van der Waals surface area contributed by atoms with Crippen LogP contribution in [0.25, 0.3) is 0 Å². The van der Waals surface area contributed by atoms with Crippen LogP contribution in [0, 0.1) is 17.6 Å². The van der Waals surface area contributed by atoms with E-state index in [-0.39, 0.29) is 30.5 Å². The van der Waals surface area contributed by atoms with Crippen molar-refractivity contribution in [1.29, 1.82) is 0 Å². The summed E-state index contributed by atoms with van der Waals surface area (Å²) in [5.74, 6) is -0.982. The van der Waals surface area contributed by atoms with Gasteiger partial charge < -0.3 is 20.5 Å². The predicted molar refractivity (Wildman–Crippen MR) is 162 cm³/mol. The quantitative estimate of drug-likeness (QED) is 0.255. The Morgan fingerprint density at radius 2 is 1.79 bits per heavy atom. The smallest absolute Gasteiger partial charge is 0.237 e. The average molecular weight is 586 g/mol. The number of piperidine rings is 1. The van der Waals surface area contributed by atoms with E-state index in [1.165, 1.54) is 23.3 Å². The molecule has 1 saturated heterocycles. The zero-order valence-corrected chi connectivity index (χ0v) is 25.5. The number of rotatable bonds is 16. The molecule has 1 aliphatic carbocycles.